The molecular weight excluding hydrogens is 733 g/mol. The second-order valence-electron chi connectivity index (χ2n) is 13.7. The van der Waals surface area contributed by atoms with E-state index in [1.54, 1.807) is 7.05 Å². The van der Waals surface area contributed by atoms with Crippen molar-refractivity contribution in [1.29, 1.82) is 0 Å². The van der Waals surface area contributed by atoms with Crippen molar-refractivity contribution in [2.75, 3.05) is 13.1 Å². The lowest BCUT2D eigenvalue weighted by atomic mass is 10.1. The number of aryl methyl sites for hydroxylation is 4. The van der Waals surface area contributed by atoms with Crippen LogP contribution in [0.3, 0.4) is 0 Å². The third-order valence-electron chi connectivity index (χ3n) is 9.13. The number of aliphatic carboxylic acids is 1. The minimum atomic E-state index is -1.07. The average Bonchev–Trinajstić information content (AvgIpc) is 3.80. The van der Waals surface area contributed by atoms with Crippen molar-refractivity contribution in [1.82, 2.24) is 42.7 Å². The van der Waals surface area contributed by atoms with Crippen LogP contribution >= 0.6 is 0 Å². The Hall–Kier alpha value is -6.36. The van der Waals surface area contributed by atoms with Gasteiger partial charge in [0.1, 0.15) is 13.1 Å². The van der Waals surface area contributed by atoms with Gasteiger partial charge in [-0.3, -0.25) is 37.4 Å². The number of rotatable bonds is 13. The van der Waals surface area contributed by atoms with E-state index >= 15 is 0 Å². The Balaban J connectivity index is 0.000000213. The number of amides is 1. The highest BCUT2D eigenvalue weighted by atomic mass is 16.4. The number of carbonyl (C=O) groups excluding carboxylic acids is 1. The Kier molecular flexibility index (Phi) is 15.2. The molecule has 4 aromatic heterocycles. The molecule has 2 aromatic carbocycles. The lowest BCUT2D eigenvalue weighted by molar-refractivity contribution is -0.137. The minimum Gasteiger partial charge on any atom is -0.480 e. The molecule has 0 fully saturated rings. The number of carboxylic acid groups (broad SMARTS) is 1. The van der Waals surface area contributed by atoms with Gasteiger partial charge in [-0.05, 0) is 57.2 Å². The number of nitrogens with one attached hydrogen (secondary N) is 1. The lowest BCUT2D eigenvalue weighted by Gasteiger charge is -2.09. The van der Waals surface area contributed by atoms with Crippen molar-refractivity contribution in [2.24, 2.45) is 19.8 Å². The summed E-state index contributed by atoms with van der Waals surface area (Å²) in [6.45, 7) is 9.35. The molecule has 0 aliphatic carbocycles. The summed E-state index contributed by atoms with van der Waals surface area (Å²) in [6, 6.07) is 16.7. The molecule has 0 saturated carbocycles. The van der Waals surface area contributed by atoms with E-state index in [0.717, 1.165) is 29.5 Å². The summed E-state index contributed by atoms with van der Waals surface area (Å²) in [5, 5.41) is 11.7. The summed E-state index contributed by atoms with van der Waals surface area (Å²) in [5.74, 6) is -1.28. The fourth-order valence-electron chi connectivity index (χ4n) is 6.10. The Labute approximate surface area is 328 Å². The van der Waals surface area contributed by atoms with Crippen molar-refractivity contribution < 1.29 is 14.7 Å². The monoisotopic (exact) mass is 784 g/mol. The molecule has 6 aromatic rings. The van der Waals surface area contributed by atoms with Crippen LogP contribution in [0.25, 0.3) is 22.3 Å². The van der Waals surface area contributed by atoms with Gasteiger partial charge in [-0.2, -0.15) is 0 Å². The number of benzene rings is 2. The molecule has 57 heavy (non-hydrogen) atoms. The van der Waals surface area contributed by atoms with E-state index in [1.807, 2.05) is 45.0 Å². The van der Waals surface area contributed by atoms with Crippen LogP contribution in [0.1, 0.15) is 48.9 Å². The Bertz CT molecular complexity index is 2560. The Morgan fingerprint density at radius 1 is 0.684 bits per heavy atom. The zero-order valence-electron chi connectivity index (χ0n) is 33.4. The fourth-order valence-corrected chi connectivity index (χ4v) is 6.10. The number of hydrogen-bond acceptors (Lipinski definition) is 9. The van der Waals surface area contributed by atoms with Gasteiger partial charge >= 0.3 is 17.3 Å². The van der Waals surface area contributed by atoms with Crippen LogP contribution < -0.4 is 33.5 Å². The van der Waals surface area contributed by atoms with Crippen molar-refractivity contribution >= 4 is 34.2 Å². The van der Waals surface area contributed by atoms with Crippen LogP contribution in [-0.2, 0) is 62.7 Å². The molecule has 17 heteroatoms. The summed E-state index contributed by atoms with van der Waals surface area (Å²) in [7, 11) is 3.09. The molecule has 0 aliphatic heterocycles. The predicted molar refractivity (Wildman–Crippen MR) is 219 cm³/mol. The van der Waals surface area contributed by atoms with Gasteiger partial charge in [-0.1, -0.05) is 73.5 Å². The zero-order chi connectivity index (χ0) is 41.8. The summed E-state index contributed by atoms with van der Waals surface area (Å²) < 4.78 is 7.64. The molecule has 4 heterocycles. The maximum atomic E-state index is 12.7. The number of nitrogens with two attached hydrogens (primary N) is 1. The molecule has 17 nitrogen and oxygen atoms in total. The fraction of sp³-hybridized carbons (Fsp3) is 0.400. The Morgan fingerprint density at radius 2 is 1.11 bits per heavy atom. The second kappa shape index (κ2) is 20.0. The number of fused-ring (bicyclic) bond motifs is 2. The SMILES string of the molecule is CCCn1c(=O)c2c(ncn2CC(=O)NCCc2ccc(C)cc2)n(C)c1=O.CCCn1c(=O)c2c(ncn2CC(=O)O)n(C)c1=O.Cc1ccc(CCN)cc1. The van der Waals surface area contributed by atoms with Gasteiger partial charge in [0.15, 0.2) is 22.3 Å². The maximum absolute atomic E-state index is 12.7. The van der Waals surface area contributed by atoms with Gasteiger partial charge in [-0.15, -0.1) is 0 Å². The van der Waals surface area contributed by atoms with E-state index in [4.69, 9.17) is 10.8 Å². The molecule has 1 amide bonds. The van der Waals surface area contributed by atoms with Crippen LogP contribution in [0, 0.1) is 13.8 Å². The highest BCUT2D eigenvalue weighted by Crippen LogP contribution is 2.08. The molecule has 0 spiro atoms. The number of hydrogen-bond donors (Lipinski definition) is 3. The minimum absolute atomic E-state index is 0.0238. The quantitative estimate of drug-likeness (QED) is 0.155. The molecule has 6 rings (SSSR count). The molecule has 0 saturated heterocycles. The number of carbonyl (C=O) groups is 2. The van der Waals surface area contributed by atoms with Crippen molar-refractivity contribution in [2.45, 2.75) is 79.6 Å². The number of carboxylic acids is 1. The summed E-state index contributed by atoms with van der Waals surface area (Å²) in [4.78, 5) is 80.5. The van der Waals surface area contributed by atoms with Crippen LogP contribution in [0.15, 0.2) is 80.4 Å². The van der Waals surface area contributed by atoms with Gasteiger partial charge < -0.3 is 25.3 Å². The Morgan fingerprint density at radius 3 is 1.51 bits per heavy atom. The van der Waals surface area contributed by atoms with Crippen molar-refractivity contribution in [3.63, 3.8) is 0 Å². The van der Waals surface area contributed by atoms with Crippen LogP contribution in [0.2, 0.25) is 0 Å². The van der Waals surface area contributed by atoms with E-state index < -0.39 is 28.5 Å². The van der Waals surface area contributed by atoms with Crippen LogP contribution in [0.5, 0.6) is 0 Å². The number of imidazole rings is 2. The zero-order valence-corrected chi connectivity index (χ0v) is 33.4. The summed E-state index contributed by atoms with van der Waals surface area (Å²) in [6.07, 6.45) is 5.70. The third kappa shape index (κ3) is 10.7. The molecule has 0 unspecified atom stereocenters. The van der Waals surface area contributed by atoms with Gasteiger partial charge in [0, 0.05) is 33.7 Å². The van der Waals surface area contributed by atoms with Gasteiger partial charge in [-0.25, -0.2) is 19.6 Å². The van der Waals surface area contributed by atoms with E-state index in [9.17, 15) is 28.8 Å². The molecule has 4 N–H and O–H groups in total. The van der Waals surface area contributed by atoms with Gasteiger partial charge in [0.05, 0.1) is 12.7 Å². The third-order valence-corrected chi connectivity index (χ3v) is 9.13. The average molecular weight is 785 g/mol. The topological polar surface area (TPSA) is 216 Å². The molecular formula is C40H52N10O7. The largest absolute Gasteiger partial charge is 0.480 e. The first-order chi connectivity index (χ1) is 27.2. The molecule has 0 bridgehead atoms. The first-order valence-electron chi connectivity index (χ1n) is 18.8. The predicted octanol–water partition coefficient (Wildman–Crippen LogP) is 1.86. The molecule has 304 valence electrons. The van der Waals surface area contributed by atoms with E-state index in [1.165, 1.54) is 59.2 Å². The van der Waals surface area contributed by atoms with Crippen LogP contribution in [-0.4, -0.2) is 67.4 Å². The first-order valence-corrected chi connectivity index (χ1v) is 18.8. The number of aromatic nitrogens is 8. The van der Waals surface area contributed by atoms with Crippen LogP contribution in [0.4, 0.5) is 0 Å². The van der Waals surface area contributed by atoms with E-state index in [-0.39, 0.29) is 41.3 Å². The number of nitrogens with zero attached hydrogens (tertiary/aromatic N) is 8. The summed E-state index contributed by atoms with van der Waals surface area (Å²) in [5.41, 5.74) is 9.51. The van der Waals surface area contributed by atoms with Gasteiger partial charge in [0.25, 0.3) is 11.1 Å². The van der Waals surface area contributed by atoms with E-state index in [0.29, 0.717) is 32.5 Å². The van der Waals surface area contributed by atoms with Crippen molar-refractivity contribution in [3.05, 3.63) is 125 Å². The highest BCUT2D eigenvalue weighted by molar-refractivity contribution is 5.79. The summed E-state index contributed by atoms with van der Waals surface area (Å²) >= 11 is 0. The highest BCUT2D eigenvalue weighted by Gasteiger charge is 2.18. The first kappa shape index (κ1) is 43.4. The van der Waals surface area contributed by atoms with E-state index in [2.05, 4.69) is 46.5 Å². The normalized spacial score (nSPS) is 10.9. The second-order valence-corrected chi connectivity index (χ2v) is 13.7. The molecule has 0 radical (unpaired) electrons. The van der Waals surface area contributed by atoms with Gasteiger partial charge in [0.2, 0.25) is 5.91 Å². The standard InChI is InChI=1S/C20H25N5O3.C11H14N4O4.C9H13N/c1-4-11-25-19(27)17-18(23(3)20(25)28)22-13-24(17)12-16(26)21-10-9-15-7-5-14(2)6-8-15;1-3-4-15-10(18)8-9(13(2)11(15)19)12-6-14(8)5-7(16)17;1-8-2-4-9(5-3-8)6-7-10/h5-8,13H,4,9-12H2,1-3H3,(H,21,26);6H,3-5H2,1-2H3,(H,16,17);2-5H,6-7,10H2,1H3. The molecule has 0 atom stereocenters. The lowest BCUT2D eigenvalue weighted by Crippen LogP contribution is -2.40. The maximum Gasteiger partial charge on any atom is 0.332 e. The smallest absolute Gasteiger partial charge is 0.332 e. The van der Waals surface area contributed by atoms with Crippen molar-refractivity contribution in [3.8, 4) is 0 Å². The molecule has 0 aliphatic rings.